The fourth-order valence-corrected chi connectivity index (χ4v) is 2.37. The molecule has 0 heterocycles. The summed E-state index contributed by atoms with van der Waals surface area (Å²) >= 11 is 0. The Balaban J connectivity index is 2.44. The first kappa shape index (κ1) is 12.4. The van der Waals surface area contributed by atoms with Crippen molar-refractivity contribution in [1.29, 1.82) is 0 Å². The summed E-state index contributed by atoms with van der Waals surface area (Å²) in [4.78, 5) is 0. The lowest BCUT2D eigenvalue weighted by Crippen LogP contribution is -2.27. The molecule has 1 aromatic rings. The molecule has 1 unspecified atom stereocenters. The van der Waals surface area contributed by atoms with Crippen molar-refractivity contribution in [3.8, 4) is 0 Å². The van der Waals surface area contributed by atoms with E-state index in [9.17, 15) is 13.2 Å². The number of hydrogen-bond donors (Lipinski definition) is 1. The third-order valence-corrected chi connectivity index (χ3v) is 3.60. The van der Waals surface area contributed by atoms with Crippen LogP contribution in [0.25, 0.3) is 0 Å². The molecule has 4 heteroatoms. The van der Waals surface area contributed by atoms with Crippen LogP contribution in [-0.2, 0) is 6.18 Å². The molecule has 1 nitrogen and oxygen atoms in total. The molecule has 0 radical (unpaired) electrons. The van der Waals surface area contributed by atoms with Crippen molar-refractivity contribution in [1.82, 2.24) is 5.32 Å². The molecule has 94 valence electrons. The van der Waals surface area contributed by atoms with E-state index in [1.54, 1.807) is 19.2 Å². The Labute approximate surface area is 99.0 Å². The molecule has 1 aliphatic carbocycles. The highest BCUT2D eigenvalue weighted by molar-refractivity contribution is 5.34. The molecule has 17 heavy (non-hydrogen) atoms. The summed E-state index contributed by atoms with van der Waals surface area (Å²) in [6.07, 6.45) is -2.33. The SMILES string of the molecule is CNC(c1ccccc1C(F)(F)F)C1(C)CC1. The summed E-state index contributed by atoms with van der Waals surface area (Å²) < 4.78 is 38.8. The minimum Gasteiger partial charge on any atom is -0.313 e. The second-order valence-electron chi connectivity index (χ2n) is 4.96. The van der Waals surface area contributed by atoms with Gasteiger partial charge in [0.1, 0.15) is 0 Å². The number of rotatable bonds is 3. The van der Waals surface area contributed by atoms with Crippen LogP contribution in [0.4, 0.5) is 13.2 Å². The summed E-state index contributed by atoms with van der Waals surface area (Å²) in [5.41, 5.74) is -0.189. The maximum Gasteiger partial charge on any atom is 0.416 e. The van der Waals surface area contributed by atoms with Crippen LogP contribution in [0.2, 0.25) is 0 Å². The average molecular weight is 243 g/mol. The smallest absolute Gasteiger partial charge is 0.313 e. The molecule has 0 amide bonds. The Bertz CT molecular complexity index is 407. The highest BCUT2D eigenvalue weighted by Gasteiger charge is 2.47. The van der Waals surface area contributed by atoms with Gasteiger partial charge in [-0.05, 0) is 36.9 Å². The topological polar surface area (TPSA) is 12.0 Å². The first-order valence-electron chi connectivity index (χ1n) is 5.72. The van der Waals surface area contributed by atoms with Crippen molar-refractivity contribution in [2.24, 2.45) is 5.41 Å². The second-order valence-corrected chi connectivity index (χ2v) is 4.96. The Morgan fingerprint density at radius 2 is 1.82 bits per heavy atom. The van der Waals surface area contributed by atoms with Crippen molar-refractivity contribution in [2.45, 2.75) is 32.0 Å². The second kappa shape index (κ2) is 4.02. The average Bonchev–Trinajstić information content (AvgIpc) is 2.97. The lowest BCUT2D eigenvalue weighted by molar-refractivity contribution is -0.138. The number of benzene rings is 1. The van der Waals surface area contributed by atoms with Crippen molar-refractivity contribution in [2.75, 3.05) is 7.05 Å². The van der Waals surface area contributed by atoms with E-state index in [2.05, 4.69) is 5.32 Å². The van der Waals surface area contributed by atoms with Gasteiger partial charge in [0, 0.05) is 6.04 Å². The van der Waals surface area contributed by atoms with Crippen LogP contribution in [0, 0.1) is 5.41 Å². The number of halogens is 3. The highest BCUT2D eigenvalue weighted by Crippen LogP contribution is 2.55. The minimum absolute atomic E-state index is 0.0316. The molecule has 1 atom stereocenters. The lowest BCUT2D eigenvalue weighted by Gasteiger charge is -2.26. The maximum atomic E-state index is 12.9. The van der Waals surface area contributed by atoms with Crippen LogP contribution >= 0.6 is 0 Å². The van der Waals surface area contributed by atoms with Gasteiger partial charge in [-0.25, -0.2) is 0 Å². The summed E-state index contributed by atoms with van der Waals surface area (Å²) in [6.45, 7) is 2.03. The van der Waals surface area contributed by atoms with Crippen LogP contribution in [0.3, 0.4) is 0 Å². The first-order valence-corrected chi connectivity index (χ1v) is 5.72. The Morgan fingerprint density at radius 1 is 1.24 bits per heavy atom. The minimum atomic E-state index is -4.28. The van der Waals surface area contributed by atoms with Crippen molar-refractivity contribution >= 4 is 0 Å². The van der Waals surface area contributed by atoms with E-state index in [-0.39, 0.29) is 11.5 Å². The van der Waals surface area contributed by atoms with Crippen LogP contribution in [0.15, 0.2) is 24.3 Å². The van der Waals surface area contributed by atoms with Crippen LogP contribution in [0.1, 0.15) is 36.9 Å². The predicted octanol–water partition coefficient (Wildman–Crippen LogP) is 3.77. The molecular weight excluding hydrogens is 227 g/mol. The molecule has 0 saturated heterocycles. The molecular formula is C13H16F3N. The van der Waals surface area contributed by atoms with E-state index in [0.29, 0.717) is 5.56 Å². The maximum absolute atomic E-state index is 12.9. The molecule has 1 saturated carbocycles. The third-order valence-electron chi connectivity index (χ3n) is 3.60. The molecule has 0 aliphatic heterocycles. The van der Waals surface area contributed by atoms with Gasteiger partial charge in [-0.2, -0.15) is 13.2 Å². The zero-order chi connectivity index (χ0) is 12.7. The Hall–Kier alpha value is -1.03. The van der Waals surface area contributed by atoms with E-state index in [4.69, 9.17) is 0 Å². The molecule has 2 rings (SSSR count). The molecule has 0 spiro atoms. The zero-order valence-corrected chi connectivity index (χ0v) is 9.93. The van der Waals surface area contributed by atoms with Gasteiger partial charge < -0.3 is 5.32 Å². The Morgan fingerprint density at radius 3 is 2.29 bits per heavy atom. The van der Waals surface area contributed by atoms with Gasteiger partial charge in [0.15, 0.2) is 0 Å². The largest absolute Gasteiger partial charge is 0.416 e. The van der Waals surface area contributed by atoms with Crippen molar-refractivity contribution in [3.05, 3.63) is 35.4 Å². The molecule has 1 aliphatic rings. The molecule has 1 N–H and O–H groups in total. The van der Waals surface area contributed by atoms with Gasteiger partial charge in [-0.15, -0.1) is 0 Å². The molecule has 1 aromatic carbocycles. The van der Waals surface area contributed by atoms with Gasteiger partial charge in [0.2, 0.25) is 0 Å². The first-order chi connectivity index (χ1) is 7.88. The quantitative estimate of drug-likeness (QED) is 0.852. The van der Waals surface area contributed by atoms with E-state index >= 15 is 0 Å². The molecule has 1 fully saturated rings. The van der Waals surface area contributed by atoms with E-state index < -0.39 is 11.7 Å². The number of hydrogen-bond acceptors (Lipinski definition) is 1. The van der Waals surface area contributed by atoms with Gasteiger partial charge in [0.05, 0.1) is 5.56 Å². The van der Waals surface area contributed by atoms with Crippen molar-refractivity contribution < 1.29 is 13.2 Å². The normalized spacial score (nSPS) is 20.1. The monoisotopic (exact) mass is 243 g/mol. The van der Waals surface area contributed by atoms with Crippen LogP contribution in [-0.4, -0.2) is 7.05 Å². The van der Waals surface area contributed by atoms with Gasteiger partial charge in [-0.3, -0.25) is 0 Å². The predicted molar refractivity (Wildman–Crippen MR) is 60.6 cm³/mol. The summed E-state index contributed by atoms with van der Waals surface area (Å²) in [6, 6.07) is 5.62. The van der Waals surface area contributed by atoms with Gasteiger partial charge >= 0.3 is 6.18 Å². The molecule has 0 aromatic heterocycles. The van der Waals surface area contributed by atoms with Gasteiger partial charge in [0.25, 0.3) is 0 Å². The van der Waals surface area contributed by atoms with E-state index in [0.717, 1.165) is 18.9 Å². The van der Waals surface area contributed by atoms with E-state index in [1.807, 2.05) is 6.92 Å². The number of nitrogens with one attached hydrogen (secondary N) is 1. The summed E-state index contributed by atoms with van der Waals surface area (Å²) in [7, 11) is 1.72. The van der Waals surface area contributed by atoms with Crippen LogP contribution in [0.5, 0.6) is 0 Å². The standard InChI is InChI=1S/C13H16F3N/c1-12(7-8-12)11(17-2)9-5-3-4-6-10(9)13(14,15)16/h3-6,11,17H,7-8H2,1-2H3. The fourth-order valence-electron chi connectivity index (χ4n) is 2.37. The highest BCUT2D eigenvalue weighted by atomic mass is 19.4. The third kappa shape index (κ3) is 2.32. The number of alkyl halides is 3. The summed E-state index contributed by atoms with van der Waals surface area (Å²) in [5, 5.41) is 3.03. The molecule has 0 bridgehead atoms. The zero-order valence-electron chi connectivity index (χ0n) is 9.93. The fraction of sp³-hybridized carbons (Fsp3) is 0.538. The van der Waals surface area contributed by atoms with Crippen LogP contribution < -0.4 is 5.32 Å². The Kier molecular flexibility index (Phi) is 2.94. The van der Waals surface area contributed by atoms with E-state index in [1.165, 1.54) is 6.07 Å². The van der Waals surface area contributed by atoms with Crippen molar-refractivity contribution in [3.63, 3.8) is 0 Å². The lowest BCUT2D eigenvalue weighted by atomic mass is 9.88. The van der Waals surface area contributed by atoms with Gasteiger partial charge in [-0.1, -0.05) is 25.1 Å². The summed E-state index contributed by atoms with van der Waals surface area (Å²) in [5.74, 6) is 0.